The highest BCUT2D eigenvalue weighted by Crippen LogP contribution is 1.80. The number of rotatable bonds is 1. The van der Waals surface area contributed by atoms with Crippen LogP contribution < -0.4 is 4.67 Å². The molecule has 1 heterocycles. The fraction of sp³-hybridized carbons (Fsp3) is 0.200. The van der Waals surface area contributed by atoms with Crippen molar-refractivity contribution in [3.63, 3.8) is 0 Å². The summed E-state index contributed by atoms with van der Waals surface area (Å²) in [6.07, 6.45) is 3.02. The molecule has 1 aromatic heterocycles. The highest BCUT2D eigenvalue weighted by atomic mass is 15.3. The average Bonchev–Trinajstić information content (AvgIpc) is 2.18. The van der Waals surface area contributed by atoms with E-state index in [9.17, 15) is 0 Å². The summed E-state index contributed by atoms with van der Waals surface area (Å²) in [5.74, 6) is 0.713. The maximum atomic E-state index is 3.87. The topological polar surface area (TPSA) is 44.8 Å². The van der Waals surface area contributed by atoms with E-state index in [1.807, 2.05) is 0 Å². The molecule has 0 saturated carbocycles. The molecule has 0 aromatic carbocycles. The molecule has 0 unspecified atom stereocenters. The summed E-state index contributed by atoms with van der Waals surface area (Å²) >= 11 is 0. The standard InChI is InChI=1S/C5H7N4/c1-6-3-5-7-4-8-9(5)2/h3-4H,1H2,2H3/q+1. The van der Waals surface area contributed by atoms with Crippen LogP contribution in [0.25, 0.3) is 0 Å². The Balaban J connectivity index is 3.07. The van der Waals surface area contributed by atoms with Crippen LogP contribution in [0.4, 0.5) is 0 Å². The van der Waals surface area contributed by atoms with Crippen LogP contribution in [-0.4, -0.2) is 27.7 Å². The summed E-state index contributed by atoms with van der Waals surface area (Å²) in [5, 5.41) is 3.82. The van der Waals surface area contributed by atoms with E-state index >= 15 is 0 Å². The van der Waals surface area contributed by atoms with Gasteiger partial charge in [-0.15, -0.1) is 4.67 Å². The van der Waals surface area contributed by atoms with E-state index in [1.165, 1.54) is 6.33 Å². The maximum absolute atomic E-state index is 3.87. The van der Waals surface area contributed by atoms with Gasteiger partial charge in [-0.1, -0.05) is 0 Å². The molecule has 46 valence electrons. The first-order valence-corrected chi connectivity index (χ1v) is 2.47. The van der Waals surface area contributed by atoms with Gasteiger partial charge in [0.05, 0.1) is 0 Å². The summed E-state index contributed by atoms with van der Waals surface area (Å²) in [5.41, 5.74) is 0. The molecule has 4 heteroatoms. The van der Waals surface area contributed by atoms with Gasteiger partial charge in [0.1, 0.15) is 6.33 Å². The first kappa shape index (κ1) is 5.72. The van der Waals surface area contributed by atoms with Crippen molar-refractivity contribution in [3.05, 3.63) is 12.2 Å². The van der Waals surface area contributed by atoms with E-state index in [2.05, 4.69) is 21.5 Å². The van der Waals surface area contributed by atoms with Gasteiger partial charge in [0.2, 0.25) is 5.82 Å². The normalized spacial score (nSPS) is 8.56. The molecule has 0 aliphatic carbocycles. The summed E-state index contributed by atoms with van der Waals surface area (Å²) in [7, 11) is 1.80. The van der Waals surface area contributed by atoms with E-state index in [0.29, 0.717) is 5.82 Å². The van der Waals surface area contributed by atoms with Gasteiger partial charge in [-0.2, -0.15) is 5.10 Å². The molecular weight excluding hydrogens is 116 g/mol. The molecule has 0 spiro atoms. The zero-order valence-corrected chi connectivity index (χ0v) is 5.15. The minimum atomic E-state index is 0.713. The Morgan fingerprint density at radius 2 is 2.67 bits per heavy atom. The molecule has 0 radical (unpaired) electrons. The third-order valence-electron chi connectivity index (χ3n) is 0.953. The van der Waals surface area contributed by atoms with Crippen LogP contribution in [0, 0.1) is 0 Å². The van der Waals surface area contributed by atoms with Gasteiger partial charge in [0.25, 0.3) is 6.72 Å². The second kappa shape index (κ2) is 2.24. The molecule has 9 heavy (non-hydrogen) atoms. The second-order valence-electron chi connectivity index (χ2n) is 1.55. The lowest BCUT2D eigenvalue weighted by atomic mass is 10.7. The number of aromatic nitrogens is 3. The molecule has 4 nitrogen and oxygen atoms in total. The summed E-state index contributed by atoms with van der Waals surface area (Å²) in [6, 6.07) is 0. The van der Waals surface area contributed by atoms with Gasteiger partial charge in [-0.25, -0.2) is 9.67 Å². The van der Waals surface area contributed by atoms with Gasteiger partial charge in [-0.3, -0.25) is 0 Å². The minimum Gasteiger partial charge on any atom is -0.243 e. The fourth-order valence-electron chi connectivity index (χ4n) is 0.504. The van der Waals surface area contributed by atoms with E-state index in [1.54, 1.807) is 17.9 Å². The Morgan fingerprint density at radius 3 is 3.11 bits per heavy atom. The minimum absolute atomic E-state index is 0.713. The van der Waals surface area contributed by atoms with Crippen molar-refractivity contribution in [1.29, 1.82) is 0 Å². The SMILES string of the molecule is C=[N+]=Cc1ncnn1C. The molecule has 0 fully saturated rings. The smallest absolute Gasteiger partial charge is 0.243 e. The van der Waals surface area contributed by atoms with Crippen molar-refractivity contribution in [2.45, 2.75) is 0 Å². The lowest BCUT2D eigenvalue weighted by Gasteiger charge is -1.81. The summed E-state index contributed by atoms with van der Waals surface area (Å²) in [4.78, 5) is 3.87. The Morgan fingerprint density at radius 1 is 1.89 bits per heavy atom. The molecule has 1 rings (SSSR count). The maximum Gasteiger partial charge on any atom is 0.335 e. The van der Waals surface area contributed by atoms with Crippen LogP contribution in [0.15, 0.2) is 6.33 Å². The molecule has 0 aliphatic heterocycles. The van der Waals surface area contributed by atoms with Crippen molar-refractivity contribution in [2.75, 3.05) is 0 Å². The van der Waals surface area contributed by atoms with E-state index < -0.39 is 0 Å². The van der Waals surface area contributed by atoms with Crippen LogP contribution in [0.3, 0.4) is 0 Å². The quantitative estimate of drug-likeness (QED) is 0.355. The number of hydrogen-bond donors (Lipinski definition) is 0. The molecule has 0 bridgehead atoms. The lowest BCUT2D eigenvalue weighted by molar-refractivity contribution is 0.759. The molecule has 0 atom stereocenters. The number of aryl methyl sites for hydroxylation is 1. The van der Waals surface area contributed by atoms with Crippen LogP contribution in [0.2, 0.25) is 0 Å². The first-order valence-electron chi connectivity index (χ1n) is 2.47. The predicted molar refractivity (Wildman–Crippen MR) is 35.4 cm³/mol. The largest absolute Gasteiger partial charge is 0.335 e. The number of hydrogen-bond acceptors (Lipinski definition) is 2. The van der Waals surface area contributed by atoms with Crippen molar-refractivity contribution in [2.24, 2.45) is 7.05 Å². The van der Waals surface area contributed by atoms with Crippen molar-refractivity contribution < 1.29 is 0 Å². The highest BCUT2D eigenvalue weighted by molar-refractivity contribution is 5.74. The van der Waals surface area contributed by atoms with Gasteiger partial charge < -0.3 is 0 Å². The van der Waals surface area contributed by atoms with Gasteiger partial charge in [0.15, 0.2) is 0 Å². The third-order valence-corrected chi connectivity index (χ3v) is 0.953. The summed E-state index contributed by atoms with van der Waals surface area (Å²) in [6.45, 7) is 3.29. The Kier molecular flexibility index (Phi) is 1.42. The monoisotopic (exact) mass is 123 g/mol. The molecule has 0 saturated heterocycles. The van der Waals surface area contributed by atoms with Crippen LogP contribution in [0.1, 0.15) is 5.82 Å². The Bertz CT molecular complexity index is 243. The molecular formula is C5H7N4+. The van der Waals surface area contributed by atoms with Crippen molar-refractivity contribution in [3.8, 4) is 0 Å². The first-order chi connectivity index (χ1) is 4.34. The molecule has 0 N–H and O–H groups in total. The lowest BCUT2D eigenvalue weighted by Crippen LogP contribution is -1.98. The van der Waals surface area contributed by atoms with Gasteiger partial charge >= 0.3 is 6.21 Å². The highest BCUT2D eigenvalue weighted by Gasteiger charge is 1.97. The van der Waals surface area contributed by atoms with E-state index in [0.717, 1.165) is 0 Å². The van der Waals surface area contributed by atoms with E-state index in [-0.39, 0.29) is 0 Å². The van der Waals surface area contributed by atoms with Crippen molar-refractivity contribution in [1.82, 2.24) is 19.4 Å². The Hall–Kier alpha value is -1.41. The van der Waals surface area contributed by atoms with Gasteiger partial charge in [0, 0.05) is 7.05 Å². The van der Waals surface area contributed by atoms with Gasteiger partial charge in [-0.05, 0) is 0 Å². The van der Waals surface area contributed by atoms with Crippen LogP contribution in [0.5, 0.6) is 0 Å². The van der Waals surface area contributed by atoms with E-state index in [4.69, 9.17) is 0 Å². The number of nitrogens with zero attached hydrogens (tertiary/aromatic N) is 4. The summed E-state index contributed by atoms with van der Waals surface area (Å²) < 4.78 is 5.16. The zero-order chi connectivity index (χ0) is 6.69. The third kappa shape index (κ3) is 1.03. The molecule has 0 amide bonds. The average molecular weight is 123 g/mol. The molecule has 0 aliphatic rings. The van der Waals surface area contributed by atoms with Crippen LogP contribution >= 0.6 is 0 Å². The second-order valence-corrected chi connectivity index (χ2v) is 1.55. The predicted octanol–water partition coefficient (Wildman–Crippen LogP) is -0.998. The zero-order valence-electron chi connectivity index (χ0n) is 5.15. The fourth-order valence-corrected chi connectivity index (χ4v) is 0.504. The van der Waals surface area contributed by atoms with Crippen LogP contribution in [-0.2, 0) is 7.05 Å². The molecule has 1 aromatic rings. The van der Waals surface area contributed by atoms with Crippen molar-refractivity contribution >= 4 is 12.9 Å². The Labute approximate surface area is 52.6 Å².